The molecule has 15 atom stereocenters. The van der Waals surface area contributed by atoms with Crippen molar-refractivity contribution < 1.29 is 43.6 Å². The van der Waals surface area contributed by atoms with Crippen molar-refractivity contribution in [2.45, 2.75) is 225 Å². The molecule has 10 fully saturated rings. The molecule has 8 N–H and O–H groups in total. The molecule has 15 heterocycles. The predicted octanol–water partition coefficient (Wildman–Crippen LogP) is 17.8. The molecule has 27 nitrogen and oxygen atoms in total. The first-order valence-electron chi connectivity index (χ1n) is 43.4. The number of carbonyl (C=O) groups is 6. The number of ether oxygens (including phenoxy) is 1. The van der Waals surface area contributed by atoms with Crippen LogP contribution < -0.4 is 27.0 Å². The number of nitriles is 3. The second kappa shape index (κ2) is 39.4. The third kappa shape index (κ3) is 20.9. The standard InChI is InChI=1S/C18H22BN3O2S.3C18H18N4OS.C12H19NO4.C10H10N2S/c1-11-4-3-5-12(8-11)15-10-25-18(20-15)21-17(23)14-9-13-6-7-16(14)22(13)19(2)24;3*1-11-3-2-4-12(7-11)15-9-24-18(20-15)21-17(23)14-8-13-5-6-16(14)22(13)10-19;1-12(2,3)17-11(16)13-7-4-5-9(13)8(6-7)10(14)15;1-7-3-2-4-8(5-7)9-6-13-10(11)12-9/h3-5,8,10,13-14,16,24H,6-7,9H2,1-2H3,(H,20,21,23);3*2-4,7,9,13-14,16H,5-6,8H2,1H3,(H,20,21,23);7-9H,4-6H2,1-3H3,(H,14,15);2-6H,1H3,(H2,11,12). The Morgan fingerprint density at radius 1 is 0.417 bits per heavy atom. The number of nitrogens with zero attached hydrogens (tertiary/aromatic N) is 13. The molecular formula is C94H105BN18O9S5. The molecule has 127 heavy (non-hydrogen) atoms. The highest BCUT2D eigenvalue weighted by Crippen LogP contribution is 2.48. The van der Waals surface area contributed by atoms with Crippen LogP contribution in [0.25, 0.3) is 56.3 Å². The Balaban J connectivity index is 0.000000119. The minimum absolute atomic E-state index is 0.00686. The number of hydrogen-bond acceptors (Lipinski definition) is 26. The van der Waals surface area contributed by atoms with Crippen molar-refractivity contribution in [3.05, 3.63) is 176 Å². The van der Waals surface area contributed by atoms with Gasteiger partial charge in [0.1, 0.15) is 5.60 Å². The summed E-state index contributed by atoms with van der Waals surface area (Å²) < 4.78 is 5.32. The summed E-state index contributed by atoms with van der Waals surface area (Å²) in [4.78, 5) is 105. The van der Waals surface area contributed by atoms with E-state index < -0.39 is 24.5 Å². The molecule has 0 spiro atoms. The van der Waals surface area contributed by atoms with Crippen molar-refractivity contribution in [3.8, 4) is 74.9 Å². The number of thiazole rings is 5. The SMILES string of the molecule is CB(O)N1C2CCC1C(C(=O)Nc1nc(-c3cccc(C)c3)cs1)C2.CC(C)(C)OC(=O)N1C2CCC1C(C(=O)O)C2.Cc1cccc(-c2csc(N)n2)c1.Cc1cccc(-c2csc(NC(=O)C3CC4CCC3N4C#N)n2)c1.Cc1cccc(-c2csc(NC(=O)C3CC4CCC3N4C#N)n2)c1.Cc1cccc(-c2csc(NC(=O)C3CC4CCC3N4C#N)n2)c1. The van der Waals surface area contributed by atoms with Gasteiger partial charge in [0.15, 0.2) is 44.2 Å². The number of aryl methyl sites for hydroxylation is 5. The van der Waals surface area contributed by atoms with Crippen LogP contribution in [0.4, 0.5) is 30.5 Å². The van der Waals surface area contributed by atoms with Gasteiger partial charge in [-0.25, -0.2) is 29.7 Å². The van der Waals surface area contributed by atoms with Gasteiger partial charge in [0.05, 0.1) is 76.2 Å². The first kappa shape index (κ1) is 90.3. The molecule has 0 radical (unpaired) electrons. The number of rotatable bonds is 15. The Morgan fingerprint density at radius 2 is 0.701 bits per heavy atom. The zero-order chi connectivity index (χ0) is 89.6. The fourth-order valence-corrected chi connectivity index (χ4v) is 23.6. The molecule has 20 rings (SSSR count). The number of nitrogens with two attached hydrogens (primary N) is 1. The molecule has 10 aliphatic heterocycles. The van der Waals surface area contributed by atoms with Gasteiger partial charge < -0.3 is 66.3 Å². The van der Waals surface area contributed by atoms with Gasteiger partial charge in [-0.15, -0.1) is 56.7 Å². The van der Waals surface area contributed by atoms with Crippen LogP contribution in [0, 0.1) is 98.6 Å². The highest BCUT2D eigenvalue weighted by molar-refractivity contribution is 7.15. The third-order valence-corrected chi connectivity index (χ3v) is 29.5. The quantitative estimate of drug-likeness (QED) is 0.0370. The van der Waals surface area contributed by atoms with Gasteiger partial charge >= 0.3 is 19.1 Å². The highest BCUT2D eigenvalue weighted by atomic mass is 32.1. The van der Waals surface area contributed by atoms with Gasteiger partial charge in [-0.2, -0.15) is 15.8 Å². The lowest BCUT2D eigenvalue weighted by Gasteiger charge is -2.27. The molecule has 5 amide bonds. The molecule has 10 bridgehead atoms. The summed E-state index contributed by atoms with van der Waals surface area (Å²) in [6, 6.07) is 42.2. The van der Waals surface area contributed by atoms with E-state index in [4.69, 9.17) is 15.6 Å². The summed E-state index contributed by atoms with van der Waals surface area (Å²) in [6.45, 7) is 17.5. The molecule has 658 valence electrons. The predicted molar refractivity (Wildman–Crippen MR) is 499 cm³/mol. The van der Waals surface area contributed by atoms with E-state index in [1.165, 1.54) is 84.5 Å². The first-order chi connectivity index (χ1) is 61.0. The van der Waals surface area contributed by atoms with Crippen molar-refractivity contribution in [2.75, 3.05) is 27.0 Å². The molecule has 15 unspecified atom stereocenters. The van der Waals surface area contributed by atoms with E-state index in [0.717, 1.165) is 146 Å². The maximum absolute atomic E-state index is 12.7. The first-order valence-corrected chi connectivity index (χ1v) is 47.8. The van der Waals surface area contributed by atoms with E-state index in [1.54, 1.807) is 11.7 Å². The molecule has 5 aromatic heterocycles. The Hall–Kier alpha value is -11.5. The zero-order valence-corrected chi connectivity index (χ0v) is 76.5. The van der Waals surface area contributed by atoms with E-state index in [1.807, 2.05) is 123 Å². The van der Waals surface area contributed by atoms with Gasteiger partial charge in [0.25, 0.3) is 0 Å². The number of amides is 5. The number of nitrogen functional groups attached to an aromatic ring is 1. The summed E-state index contributed by atoms with van der Waals surface area (Å²) in [7, 11) is -0.483. The van der Waals surface area contributed by atoms with Crippen LogP contribution in [0.1, 0.15) is 145 Å². The Kier molecular flexibility index (Phi) is 28.0. The van der Waals surface area contributed by atoms with Crippen LogP contribution in [0.5, 0.6) is 0 Å². The lowest BCUT2D eigenvalue weighted by molar-refractivity contribution is -0.142. The van der Waals surface area contributed by atoms with Gasteiger partial charge in [0, 0.05) is 97.0 Å². The van der Waals surface area contributed by atoms with Crippen molar-refractivity contribution in [1.82, 2.24) is 49.3 Å². The van der Waals surface area contributed by atoms with Crippen molar-refractivity contribution >= 4 is 125 Å². The Bertz CT molecular complexity index is 5480. The number of carbonyl (C=O) groups excluding carboxylic acids is 5. The van der Waals surface area contributed by atoms with Crippen LogP contribution >= 0.6 is 56.7 Å². The number of carboxylic acid groups (broad SMARTS) is 1. The second-order valence-corrected chi connectivity index (χ2v) is 39.9. The molecular weight excluding hydrogens is 1700 g/mol. The number of anilines is 5. The zero-order valence-electron chi connectivity index (χ0n) is 72.5. The van der Waals surface area contributed by atoms with Crippen LogP contribution in [0.3, 0.4) is 0 Å². The molecule has 5 aromatic carbocycles. The van der Waals surface area contributed by atoms with Crippen LogP contribution in [0.2, 0.25) is 6.82 Å². The van der Waals surface area contributed by atoms with Crippen LogP contribution in [0.15, 0.2) is 148 Å². The average Bonchev–Trinajstić information content (AvgIpc) is 1.77. The van der Waals surface area contributed by atoms with Crippen molar-refractivity contribution in [2.24, 2.45) is 29.6 Å². The maximum Gasteiger partial charge on any atom is 0.410 e. The average molecular weight is 1800 g/mol. The van der Waals surface area contributed by atoms with Gasteiger partial charge in [-0.3, -0.25) is 24.0 Å². The summed E-state index contributed by atoms with van der Waals surface area (Å²) in [5, 5.41) is 71.6. The van der Waals surface area contributed by atoms with E-state index in [2.05, 4.69) is 165 Å². The van der Waals surface area contributed by atoms with Gasteiger partial charge in [0.2, 0.25) is 23.6 Å². The largest absolute Gasteiger partial charge is 0.481 e. The number of nitrogens with one attached hydrogen (secondary N) is 4. The topological polar surface area (TPSA) is 378 Å². The number of fused-ring (bicyclic) bond motifs is 10. The summed E-state index contributed by atoms with van der Waals surface area (Å²) in [6.07, 6.45) is 19.7. The second-order valence-electron chi connectivity index (χ2n) is 35.6. The molecule has 10 saturated heterocycles. The van der Waals surface area contributed by atoms with Crippen LogP contribution in [-0.4, -0.2) is 168 Å². The fourth-order valence-electron chi connectivity index (χ4n) is 20.1. The summed E-state index contributed by atoms with van der Waals surface area (Å²) in [5.41, 5.74) is 20.9. The fraction of sp³-hybridized carbons (Fsp3) is 0.426. The van der Waals surface area contributed by atoms with Crippen molar-refractivity contribution in [3.63, 3.8) is 0 Å². The van der Waals surface area contributed by atoms with E-state index in [-0.39, 0.29) is 108 Å². The third-order valence-electron chi connectivity index (χ3n) is 25.8. The normalized spacial score (nSPS) is 24.4. The molecule has 10 aromatic rings. The van der Waals surface area contributed by atoms with E-state index in [0.29, 0.717) is 38.1 Å². The number of aromatic nitrogens is 5. The number of carboxylic acids is 1. The lowest BCUT2D eigenvalue weighted by Crippen LogP contribution is -2.43. The monoisotopic (exact) mass is 1800 g/mol. The summed E-state index contributed by atoms with van der Waals surface area (Å²) in [5.74, 6) is -1.57. The van der Waals surface area contributed by atoms with Crippen LogP contribution in [-0.2, 0) is 28.7 Å². The minimum Gasteiger partial charge on any atom is -0.481 e. The Morgan fingerprint density at radius 3 is 0.976 bits per heavy atom. The Labute approximate surface area is 760 Å². The van der Waals surface area contributed by atoms with E-state index in [9.17, 15) is 49.6 Å². The lowest BCUT2D eigenvalue weighted by atomic mass is 9.83. The van der Waals surface area contributed by atoms with Gasteiger partial charge in [-0.1, -0.05) is 119 Å². The highest BCUT2D eigenvalue weighted by Gasteiger charge is 2.55. The van der Waals surface area contributed by atoms with Crippen molar-refractivity contribution in [1.29, 1.82) is 15.8 Å². The number of hydrogen-bond donors (Lipinski definition) is 7. The molecule has 0 aliphatic carbocycles. The number of benzene rings is 5. The molecule has 10 aliphatic rings. The smallest absolute Gasteiger partial charge is 0.410 e. The maximum atomic E-state index is 12.7. The summed E-state index contributed by atoms with van der Waals surface area (Å²) >= 11 is 7.26. The minimum atomic E-state index is -0.800. The van der Waals surface area contributed by atoms with Gasteiger partial charge in [-0.05, 0) is 189 Å². The molecule has 0 saturated carbocycles. The van der Waals surface area contributed by atoms with E-state index >= 15 is 0 Å². The number of aliphatic carboxylic acids is 1. The molecule has 33 heteroatoms.